The number of anilines is 1. The minimum atomic E-state index is -0.352. The fourth-order valence-electron chi connectivity index (χ4n) is 1.54. The molecule has 0 aliphatic rings. The van der Waals surface area contributed by atoms with Gasteiger partial charge in [0.1, 0.15) is 0 Å². The maximum atomic E-state index is 10.1. The van der Waals surface area contributed by atoms with Gasteiger partial charge in [-0.25, -0.2) is 0 Å². The molecule has 0 radical (unpaired) electrons. The molecule has 84 valence electrons. The first kappa shape index (κ1) is 12.1. The molecule has 0 spiro atoms. The number of rotatable bonds is 4. The van der Waals surface area contributed by atoms with Gasteiger partial charge in [-0.3, -0.25) is 0 Å². The highest BCUT2D eigenvalue weighted by Crippen LogP contribution is 2.26. The molecule has 0 aliphatic carbocycles. The van der Waals surface area contributed by atoms with Crippen molar-refractivity contribution in [3.63, 3.8) is 0 Å². The van der Waals surface area contributed by atoms with Crippen LogP contribution >= 0.6 is 0 Å². The predicted octanol–water partition coefficient (Wildman–Crippen LogP) is 2.83. The van der Waals surface area contributed by atoms with Crippen molar-refractivity contribution in [2.24, 2.45) is 5.92 Å². The zero-order valence-electron chi connectivity index (χ0n) is 10.1. The van der Waals surface area contributed by atoms with Gasteiger partial charge in [0, 0.05) is 19.8 Å². The van der Waals surface area contributed by atoms with E-state index in [4.69, 9.17) is 0 Å². The lowest BCUT2D eigenvalue weighted by Crippen LogP contribution is -2.11. The van der Waals surface area contributed by atoms with Crippen molar-refractivity contribution in [3.8, 4) is 0 Å². The number of aliphatic hydroxyl groups excluding tert-OH is 1. The summed E-state index contributed by atoms with van der Waals surface area (Å²) >= 11 is 0. The maximum Gasteiger partial charge on any atom is 0.0816 e. The van der Waals surface area contributed by atoms with E-state index in [1.165, 1.54) is 0 Å². The summed E-state index contributed by atoms with van der Waals surface area (Å²) in [4.78, 5) is 2.05. The summed E-state index contributed by atoms with van der Waals surface area (Å²) in [7, 11) is 4.02. The first-order valence-corrected chi connectivity index (χ1v) is 5.51. The van der Waals surface area contributed by atoms with Crippen LogP contribution in [0.5, 0.6) is 0 Å². The number of aliphatic hydroxyl groups is 1. The van der Waals surface area contributed by atoms with Crippen molar-refractivity contribution in [3.05, 3.63) is 29.8 Å². The monoisotopic (exact) mass is 207 g/mol. The van der Waals surface area contributed by atoms with E-state index < -0.39 is 0 Å². The van der Waals surface area contributed by atoms with E-state index in [-0.39, 0.29) is 6.10 Å². The molecule has 0 aliphatic heterocycles. The van der Waals surface area contributed by atoms with Gasteiger partial charge < -0.3 is 10.0 Å². The Hall–Kier alpha value is -1.02. The lowest BCUT2D eigenvalue weighted by molar-refractivity contribution is 0.115. The summed E-state index contributed by atoms with van der Waals surface area (Å²) in [6, 6.07) is 8.09. The normalized spacial score (nSPS) is 14.7. The van der Waals surface area contributed by atoms with Crippen LogP contribution in [0, 0.1) is 5.92 Å². The minimum Gasteiger partial charge on any atom is -0.388 e. The molecular formula is C13H21NO. The van der Waals surface area contributed by atoms with Gasteiger partial charge in [0.2, 0.25) is 0 Å². The van der Waals surface area contributed by atoms with Gasteiger partial charge in [-0.05, 0) is 23.6 Å². The first-order valence-electron chi connectivity index (χ1n) is 5.51. The fourth-order valence-corrected chi connectivity index (χ4v) is 1.54. The minimum absolute atomic E-state index is 0.308. The molecule has 0 amide bonds. The molecule has 1 aromatic rings. The van der Waals surface area contributed by atoms with E-state index in [9.17, 15) is 5.11 Å². The lowest BCUT2D eigenvalue weighted by Gasteiger charge is -2.20. The molecule has 15 heavy (non-hydrogen) atoms. The number of nitrogens with zero attached hydrogens (tertiary/aromatic N) is 1. The molecule has 1 rings (SSSR count). The molecule has 2 heteroatoms. The van der Waals surface area contributed by atoms with Crippen molar-refractivity contribution in [2.75, 3.05) is 19.0 Å². The van der Waals surface area contributed by atoms with Crippen molar-refractivity contribution in [1.29, 1.82) is 0 Å². The van der Waals surface area contributed by atoms with Crippen LogP contribution in [0.2, 0.25) is 0 Å². The van der Waals surface area contributed by atoms with E-state index in [0.29, 0.717) is 5.92 Å². The van der Waals surface area contributed by atoms with Crippen molar-refractivity contribution in [2.45, 2.75) is 26.4 Å². The largest absolute Gasteiger partial charge is 0.388 e. The molecule has 0 saturated heterocycles. The van der Waals surface area contributed by atoms with Crippen LogP contribution < -0.4 is 4.90 Å². The second-order valence-electron chi connectivity index (χ2n) is 4.32. The van der Waals surface area contributed by atoms with Crippen LogP contribution in [0.4, 0.5) is 5.69 Å². The second kappa shape index (κ2) is 5.17. The second-order valence-corrected chi connectivity index (χ2v) is 4.32. The van der Waals surface area contributed by atoms with Gasteiger partial charge in [0.05, 0.1) is 6.10 Å². The number of hydrogen-bond donors (Lipinski definition) is 1. The van der Waals surface area contributed by atoms with Crippen LogP contribution in [-0.4, -0.2) is 19.2 Å². The van der Waals surface area contributed by atoms with E-state index >= 15 is 0 Å². The van der Waals surface area contributed by atoms with Crippen LogP contribution in [-0.2, 0) is 0 Å². The molecule has 2 nitrogen and oxygen atoms in total. The Morgan fingerprint density at radius 3 is 2.53 bits per heavy atom. The van der Waals surface area contributed by atoms with Gasteiger partial charge in [-0.1, -0.05) is 32.4 Å². The Bertz CT molecular complexity index is 309. The van der Waals surface area contributed by atoms with E-state index in [1.807, 2.05) is 37.2 Å². The zero-order chi connectivity index (χ0) is 11.4. The lowest BCUT2D eigenvalue weighted by atomic mass is 9.95. The van der Waals surface area contributed by atoms with Crippen LogP contribution in [0.25, 0.3) is 0 Å². The quantitative estimate of drug-likeness (QED) is 0.820. The molecule has 0 heterocycles. The smallest absolute Gasteiger partial charge is 0.0816 e. The highest BCUT2D eigenvalue weighted by molar-refractivity contribution is 5.47. The predicted molar refractivity (Wildman–Crippen MR) is 65.2 cm³/mol. The molecule has 0 bridgehead atoms. The number of hydrogen-bond acceptors (Lipinski definition) is 2. The summed E-state index contributed by atoms with van der Waals surface area (Å²) in [6.07, 6.45) is 0.641. The zero-order valence-corrected chi connectivity index (χ0v) is 10.1. The summed E-state index contributed by atoms with van der Waals surface area (Å²) < 4.78 is 0. The summed E-state index contributed by atoms with van der Waals surface area (Å²) in [5.41, 5.74) is 2.14. The number of benzene rings is 1. The van der Waals surface area contributed by atoms with Crippen LogP contribution in [0.1, 0.15) is 31.9 Å². The third-order valence-corrected chi connectivity index (χ3v) is 2.91. The molecule has 1 aromatic carbocycles. The third kappa shape index (κ3) is 2.96. The first-order chi connectivity index (χ1) is 7.06. The Labute approximate surface area is 92.5 Å². The standard InChI is InChI=1S/C13H21NO/c1-5-10(2)13(15)11-7-6-8-12(9-11)14(3)4/h6-10,13,15H,5H2,1-4H3. The molecule has 1 N–H and O–H groups in total. The molecule has 0 saturated carbocycles. The Morgan fingerprint density at radius 2 is 2.00 bits per heavy atom. The molecular weight excluding hydrogens is 186 g/mol. The molecule has 0 fully saturated rings. The summed E-state index contributed by atoms with van der Waals surface area (Å²) in [5.74, 6) is 0.308. The topological polar surface area (TPSA) is 23.5 Å². The van der Waals surface area contributed by atoms with Gasteiger partial charge in [0.25, 0.3) is 0 Å². The van der Waals surface area contributed by atoms with E-state index in [0.717, 1.165) is 17.7 Å². The Kier molecular flexibility index (Phi) is 4.15. The van der Waals surface area contributed by atoms with Crippen LogP contribution in [0.3, 0.4) is 0 Å². The average Bonchev–Trinajstić information content (AvgIpc) is 2.27. The fraction of sp³-hybridized carbons (Fsp3) is 0.538. The van der Waals surface area contributed by atoms with Gasteiger partial charge in [0.15, 0.2) is 0 Å². The van der Waals surface area contributed by atoms with E-state index in [2.05, 4.69) is 19.9 Å². The molecule has 0 aromatic heterocycles. The van der Waals surface area contributed by atoms with Gasteiger partial charge >= 0.3 is 0 Å². The third-order valence-electron chi connectivity index (χ3n) is 2.91. The average molecular weight is 207 g/mol. The maximum absolute atomic E-state index is 10.1. The van der Waals surface area contributed by atoms with Crippen molar-refractivity contribution >= 4 is 5.69 Å². The Morgan fingerprint density at radius 1 is 1.33 bits per heavy atom. The van der Waals surface area contributed by atoms with Crippen molar-refractivity contribution < 1.29 is 5.11 Å². The summed E-state index contributed by atoms with van der Waals surface area (Å²) in [5, 5.41) is 10.1. The van der Waals surface area contributed by atoms with Gasteiger partial charge in [-0.2, -0.15) is 0 Å². The van der Waals surface area contributed by atoms with E-state index in [1.54, 1.807) is 0 Å². The highest BCUT2D eigenvalue weighted by atomic mass is 16.3. The van der Waals surface area contributed by atoms with Crippen LogP contribution in [0.15, 0.2) is 24.3 Å². The highest BCUT2D eigenvalue weighted by Gasteiger charge is 2.14. The summed E-state index contributed by atoms with van der Waals surface area (Å²) in [6.45, 7) is 4.18. The Balaban J connectivity index is 2.90. The SMILES string of the molecule is CCC(C)C(O)c1cccc(N(C)C)c1. The molecule has 2 unspecified atom stereocenters. The molecule has 2 atom stereocenters. The van der Waals surface area contributed by atoms with Gasteiger partial charge in [-0.15, -0.1) is 0 Å². The van der Waals surface area contributed by atoms with Crippen molar-refractivity contribution in [1.82, 2.24) is 0 Å².